The largest absolute Gasteiger partial charge is 0.382 e. The van der Waals surface area contributed by atoms with Crippen LogP contribution in [0.1, 0.15) is 25.7 Å². The maximum atomic E-state index is 13.3. The van der Waals surface area contributed by atoms with Crippen LogP contribution in [0.2, 0.25) is 10.0 Å². The molecule has 0 amide bonds. The third kappa shape index (κ3) is 3.77. The third-order valence-corrected chi connectivity index (χ3v) is 5.78. The minimum absolute atomic E-state index is 0.0288. The lowest BCUT2D eigenvalue weighted by atomic mass is 9.95. The molecule has 0 saturated heterocycles. The van der Waals surface area contributed by atoms with E-state index in [9.17, 15) is 12.8 Å². The molecule has 0 radical (unpaired) electrons. The van der Waals surface area contributed by atoms with Gasteiger partial charge in [0.25, 0.3) is 0 Å². The Morgan fingerprint density at radius 3 is 2.40 bits per heavy atom. The Kier molecular flexibility index (Phi) is 4.82. The summed E-state index contributed by atoms with van der Waals surface area (Å²) < 4.78 is 36.6. The van der Waals surface area contributed by atoms with Crippen LogP contribution in [0.15, 0.2) is 12.1 Å². The highest BCUT2D eigenvalue weighted by molar-refractivity contribution is 7.91. The molecule has 1 aromatic carbocycles. The van der Waals surface area contributed by atoms with Gasteiger partial charge in [-0.1, -0.05) is 29.6 Å². The van der Waals surface area contributed by atoms with Crippen LogP contribution in [0, 0.1) is 5.82 Å². The predicted molar refractivity (Wildman–Crippen MR) is 80.9 cm³/mol. The van der Waals surface area contributed by atoms with E-state index >= 15 is 0 Å². The minimum Gasteiger partial charge on any atom is -0.382 e. The number of sulfone groups is 1. The average Bonchev–Trinajstić information content (AvgIpc) is 2.35. The summed E-state index contributed by atoms with van der Waals surface area (Å²) in [6, 6.07) is 2.96. The van der Waals surface area contributed by atoms with Crippen molar-refractivity contribution >= 4 is 38.7 Å². The van der Waals surface area contributed by atoms with Crippen molar-refractivity contribution < 1.29 is 12.8 Å². The summed E-state index contributed by atoms with van der Waals surface area (Å²) in [6.07, 6.45) is 4.23. The van der Waals surface area contributed by atoms with Crippen molar-refractivity contribution in [3.05, 3.63) is 28.0 Å². The molecule has 1 saturated carbocycles. The highest BCUT2D eigenvalue weighted by Crippen LogP contribution is 2.30. The molecule has 3 nitrogen and oxygen atoms in total. The van der Waals surface area contributed by atoms with E-state index in [4.69, 9.17) is 23.2 Å². The molecule has 112 valence electrons. The average molecular weight is 340 g/mol. The molecule has 20 heavy (non-hydrogen) atoms. The molecule has 0 heterocycles. The van der Waals surface area contributed by atoms with Crippen molar-refractivity contribution in [2.45, 2.75) is 37.0 Å². The summed E-state index contributed by atoms with van der Waals surface area (Å²) in [5, 5.41) is 2.78. The fraction of sp³-hybridized carbons (Fsp3) is 0.538. The van der Waals surface area contributed by atoms with Gasteiger partial charge in [-0.25, -0.2) is 12.8 Å². The van der Waals surface area contributed by atoms with Crippen LogP contribution >= 0.6 is 23.2 Å². The maximum Gasteiger partial charge on any atom is 0.160 e. The monoisotopic (exact) mass is 339 g/mol. The molecule has 0 aliphatic heterocycles. The molecule has 7 heteroatoms. The van der Waals surface area contributed by atoms with Crippen molar-refractivity contribution in [1.29, 1.82) is 0 Å². The Bertz CT molecular complexity index is 583. The van der Waals surface area contributed by atoms with Crippen LogP contribution in [0.4, 0.5) is 10.1 Å². The molecule has 1 aromatic rings. The fourth-order valence-electron chi connectivity index (χ4n) is 2.54. The second-order valence-corrected chi connectivity index (χ2v) is 8.35. The lowest BCUT2D eigenvalue weighted by Crippen LogP contribution is -2.34. The molecule has 0 aromatic heterocycles. The molecule has 1 aliphatic carbocycles. The van der Waals surface area contributed by atoms with Gasteiger partial charge in [0.05, 0.1) is 15.3 Å². The van der Waals surface area contributed by atoms with Crippen LogP contribution < -0.4 is 5.32 Å². The van der Waals surface area contributed by atoms with Gasteiger partial charge in [0.1, 0.15) is 9.84 Å². The van der Waals surface area contributed by atoms with E-state index in [1.165, 1.54) is 18.4 Å². The number of halogens is 3. The van der Waals surface area contributed by atoms with Crippen molar-refractivity contribution in [3.8, 4) is 0 Å². The zero-order valence-electron chi connectivity index (χ0n) is 11.0. The van der Waals surface area contributed by atoms with E-state index < -0.39 is 15.7 Å². The first-order valence-corrected chi connectivity index (χ1v) is 9.08. The maximum absolute atomic E-state index is 13.3. The van der Waals surface area contributed by atoms with Crippen LogP contribution in [0.3, 0.4) is 0 Å². The summed E-state index contributed by atoms with van der Waals surface area (Å²) in [4.78, 5) is 0. The van der Waals surface area contributed by atoms with E-state index in [0.717, 1.165) is 12.8 Å². The van der Waals surface area contributed by atoms with E-state index in [2.05, 4.69) is 5.32 Å². The van der Waals surface area contributed by atoms with Crippen LogP contribution in [0.25, 0.3) is 0 Å². The number of hydrogen-bond acceptors (Lipinski definition) is 3. The van der Waals surface area contributed by atoms with Crippen molar-refractivity contribution in [1.82, 2.24) is 0 Å². The van der Waals surface area contributed by atoms with Gasteiger partial charge in [-0.15, -0.1) is 0 Å². The van der Waals surface area contributed by atoms with Gasteiger partial charge < -0.3 is 5.32 Å². The number of rotatable bonds is 3. The number of hydrogen-bond donors (Lipinski definition) is 1. The summed E-state index contributed by atoms with van der Waals surface area (Å²) >= 11 is 11.5. The zero-order chi connectivity index (χ0) is 14.9. The Morgan fingerprint density at radius 1 is 1.25 bits per heavy atom. The Morgan fingerprint density at radius 2 is 1.85 bits per heavy atom. The highest BCUT2D eigenvalue weighted by atomic mass is 35.5. The fourth-order valence-corrected chi connectivity index (χ4v) is 4.20. The number of nitrogens with one attached hydrogen (secondary N) is 1. The quantitative estimate of drug-likeness (QED) is 0.849. The van der Waals surface area contributed by atoms with Gasteiger partial charge in [0.2, 0.25) is 0 Å². The second-order valence-electron chi connectivity index (χ2n) is 5.21. The molecular formula is C13H16Cl2FNO2S. The number of anilines is 1. The van der Waals surface area contributed by atoms with Gasteiger partial charge in [0, 0.05) is 18.0 Å². The summed E-state index contributed by atoms with van der Waals surface area (Å²) in [5.74, 6) is -0.642. The van der Waals surface area contributed by atoms with Crippen molar-refractivity contribution in [2.24, 2.45) is 0 Å². The first-order chi connectivity index (χ1) is 9.27. The molecule has 1 N–H and O–H groups in total. The number of benzene rings is 1. The lowest BCUT2D eigenvalue weighted by Gasteiger charge is -2.29. The Hall–Kier alpha value is -0.520. The molecule has 2 unspecified atom stereocenters. The summed E-state index contributed by atoms with van der Waals surface area (Å²) in [6.45, 7) is 0. The van der Waals surface area contributed by atoms with E-state index in [-0.39, 0.29) is 21.3 Å². The second kappa shape index (κ2) is 6.08. The van der Waals surface area contributed by atoms with E-state index in [0.29, 0.717) is 18.5 Å². The van der Waals surface area contributed by atoms with Crippen molar-refractivity contribution in [2.75, 3.05) is 11.6 Å². The molecule has 2 rings (SSSR count). The van der Waals surface area contributed by atoms with Gasteiger partial charge in [-0.3, -0.25) is 0 Å². The predicted octanol–water partition coefficient (Wildman–Crippen LogP) is 3.90. The lowest BCUT2D eigenvalue weighted by molar-refractivity contribution is 0.453. The van der Waals surface area contributed by atoms with Crippen LogP contribution in [0.5, 0.6) is 0 Å². The smallest absolute Gasteiger partial charge is 0.160 e. The van der Waals surface area contributed by atoms with Crippen LogP contribution in [-0.4, -0.2) is 26.0 Å². The highest BCUT2D eigenvalue weighted by Gasteiger charge is 2.28. The topological polar surface area (TPSA) is 46.2 Å². The summed E-state index contributed by atoms with van der Waals surface area (Å²) in [5.41, 5.74) is 0.612. The normalized spacial score (nSPS) is 23.6. The molecule has 0 bridgehead atoms. The minimum atomic E-state index is -3.03. The van der Waals surface area contributed by atoms with Gasteiger partial charge in [-0.05, 0) is 31.4 Å². The van der Waals surface area contributed by atoms with E-state index in [1.54, 1.807) is 0 Å². The standard InChI is InChI=1S/C13H16Cl2FNO2S/c1-20(18,19)10-4-2-3-8(5-10)17-9-6-11(14)13(16)12(15)7-9/h6-8,10,17H,2-5H2,1H3. The van der Waals surface area contributed by atoms with Crippen LogP contribution in [-0.2, 0) is 9.84 Å². The Balaban J connectivity index is 2.10. The first-order valence-electron chi connectivity index (χ1n) is 6.37. The molecule has 0 spiro atoms. The Labute approximate surface area is 128 Å². The first kappa shape index (κ1) is 15.9. The molecule has 2 atom stereocenters. The van der Waals surface area contributed by atoms with Crippen molar-refractivity contribution in [3.63, 3.8) is 0 Å². The summed E-state index contributed by atoms with van der Waals surface area (Å²) in [7, 11) is -3.03. The SMILES string of the molecule is CS(=O)(=O)C1CCCC(Nc2cc(Cl)c(F)c(Cl)c2)C1. The van der Waals surface area contributed by atoms with E-state index in [1.807, 2.05) is 0 Å². The molecular weight excluding hydrogens is 324 g/mol. The third-order valence-electron chi connectivity index (χ3n) is 3.59. The zero-order valence-corrected chi connectivity index (χ0v) is 13.3. The van der Waals surface area contributed by atoms with Gasteiger partial charge >= 0.3 is 0 Å². The molecule has 1 aliphatic rings. The molecule has 1 fully saturated rings. The van der Waals surface area contributed by atoms with Gasteiger partial charge in [-0.2, -0.15) is 0 Å². The van der Waals surface area contributed by atoms with Gasteiger partial charge in [0.15, 0.2) is 5.82 Å².